The first-order valence-corrected chi connectivity index (χ1v) is 12.7. The lowest BCUT2D eigenvalue weighted by molar-refractivity contribution is 0.0561. The van der Waals surface area contributed by atoms with Crippen LogP contribution in [0.4, 0.5) is 5.82 Å². The molecule has 0 saturated carbocycles. The largest absolute Gasteiger partial charge is 0.474 e. The molecule has 0 bridgehead atoms. The maximum atomic E-state index is 12.4. The van der Waals surface area contributed by atoms with Gasteiger partial charge < -0.3 is 14.3 Å². The Bertz CT molecular complexity index is 967. The molecule has 0 N–H and O–H groups in total. The van der Waals surface area contributed by atoms with Gasteiger partial charge in [-0.25, -0.2) is 19.5 Å². The molecular formula is C20H31N6O5P. The molecule has 0 aromatic carbocycles. The zero-order chi connectivity index (χ0) is 22.4. The summed E-state index contributed by atoms with van der Waals surface area (Å²) in [6.07, 6.45) is 8.05. The highest BCUT2D eigenvalue weighted by Gasteiger charge is 2.28. The van der Waals surface area contributed by atoms with E-state index in [2.05, 4.69) is 25.0 Å². The summed E-state index contributed by atoms with van der Waals surface area (Å²) in [4.78, 5) is 21.4. The van der Waals surface area contributed by atoms with Crippen LogP contribution in [-0.4, -0.2) is 64.2 Å². The molecule has 2 aliphatic heterocycles. The van der Waals surface area contributed by atoms with Crippen molar-refractivity contribution in [3.63, 3.8) is 0 Å². The number of hydrogen-bond donors (Lipinski definition) is 0. The van der Waals surface area contributed by atoms with E-state index < -0.39 is 7.82 Å². The van der Waals surface area contributed by atoms with Gasteiger partial charge in [-0.05, 0) is 33.1 Å². The summed E-state index contributed by atoms with van der Waals surface area (Å²) < 4.78 is 30.0. The van der Waals surface area contributed by atoms with E-state index in [1.807, 2.05) is 4.57 Å². The Morgan fingerprint density at radius 1 is 1.09 bits per heavy atom. The third kappa shape index (κ3) is 5.46. The summed E-state index contributed by atoms with van der Waals surface area (Å²) in [6.45, 7) is 6.75. The second-order valence-corrected chi connectivity index (χ2v) is 9.45. The van der Waals surface area contributed by atoms with E-state index in [0.29, 0.717) is 19.4 Å². The van der Waals surface area contributed by atoms with Crippen molar-refractivity contribution >= 4 is 30.5 Å². The first-order chi connectivity index (χ1) is 15.6. The number of piperidine rings is 1. The second kappa shape index (κ2) is 10.7. The number of rotatable bonds is 11. The summed E-state index contributed by atoms with van der Waals surface area (Å²) in [5.41, 5.74) is 2.51. The van der Waals surface area contributed by atoms with Gasteiger partial charge in [0.25, 0.3) is 0 Å². The first kappa shape index (κ1) is 23.1. The SMILES string of the molecule is CCOP(=O)(OCC)OCCC1CC(Cn2cnc3c(N4CCCCC4)ncnc32)=NO1. The Morgan fingerprint density at radius 3 is 2.62 bits per heavy atom. The zero-order valence-corrected chi connectivity index (χ0v) is 19.6. The average Bonchev–Trinajstić information content (AvgIpc) is 3.42. The normalized spacial score (nSPS) is 19.4. The number of fused-ring (bicyclic) bond motifs is 1. The molecule has 1 unspecified atom stereocenters. The molecule has 2 aliphatic rings. The summed E-state index contributed by atoms with van der Waals surface area (Å²) >= 11 is 0. The van der Waals surface area contributed by atoms with Gasteiger partial charge in [-0.2, -0.15) is 0 Å². The van der Waals surface area contributed by atoms with Crippen LogP contribution >= 0.6 is 7.82 Å². The predicted octanol–water partition coefficient (Wildman–Crippen LogP) is 3.55. The minimum Gasteiger partial charge on any atom is -0.392 e. The number of hydrogen-bond acceptors (Lipinski definition) is 10. The van der Waals surface area contributed by atoms with Crippen molar-refractivity contribution in [1.82, 2.24) is 19.5 Å². The number of aromatic nitrogens is 4. The van der Waals surface area contributed by atoms with Gasteiger partial charge in [0.15, 0.2) is 17.0 Å². The van der Waals surface area contributed by atoms with Crippen LogP contribution in [0.1, 0.15) is 46.0 Å². The van der Waals surface area contributed by atoms with Crippen molar-refractivity contribution < 1.29 is 23.0 Å². The van der Waals surface area contributed by atoms with Gasteiger partial charge in [0.1, 0.15) is 12.4 Å². The van der Waals surface area contributed by atoms with Crippen LogP contribution in [0.3, 0.4) is 0 Å². The molecule has 176 valence electrons. The van der Waals surface area contributed by atoms with E-state index in [-0.39, 0.29) is 25.9 Å². The molecule has 1 fully saturated rings. The molecule has 1 saturated heterocycles. The number of phosphoric acid groups is 1. The minimum absolute atomic E-state index is 0.143. The Hall–Kier alpha value is -2.07. The lowest BCUT2D eigenvalue weighted by atomic mass is 10.1. The Labute approximate surface area is 187 Å². The molecule has 32 heavy (non-hydrogen) atoms. The molecule has 2 aromatic heterocycles. The van der Waals surface area contributed by atoms with Gasteiger partial charge in [0.2, 0.25) is 0 Å². The topological polar surface area (TPSA) is 113 Å². The van der Waals surface area contributed by atoms with Gasteiger partial charge in [-0.1, -0.05) is 5.16 Å². The van der Waals surface area contributed by atoms with Crippen LogP contribution in [0.2, 0.25) is 0 Å². The van der Waals surface area contributed by atoms with Crippen molar-refractivity contribution in [3.05, 3.63) is 12.7 Å². The molecule has 0 amide bonds. The first-order valence-electron chi connectivity index (χ1n) is 11.3. The maximum absolute atomic E-state index is 12.4. The van der Waals surface area contributed by atoms with Crippen LogP contribution in [0, 0.1) is 0 Å². The molecule has 0 spiro atoms. The summed E-state index contributed by atoms with van der Waals surface area (Å²) in [6, 6.07) is 0. The molecule has 2 aromatic rings. The Morgan fingerprint density at radius 2 is 1.88 bits per heavy atom. The third-order valence-corrected chi connectivity index (χ3v) is 7.10. The second-order valence-electron chi connectivity index (χ2n) is 7.78. The van der Waals surface area contributed by atoms with E-state index in [0.717, 1.165) is 35.8 Å². The number of anilines is 1. The van der Waals surface area contributed by atoms with E-state index in [1.54, 1.807) is 26.5 Å². The van der Waals surface area contributed by atoms with Crippen LogP contribution in [0.15, 0.2) is 17.8 Å². The van der Waals surface area contributed by atoms with Gasteiger partial charge in [-0.15, -0.1) is 0 Å². The lowest BCUT2D eigenvalue weighted by Gasteiger charge is -2.27. The zero-order valence-electron chi connectivity index (χ0n) is 18.7. The highest BCUT2D eigenvalue weighted by Crippen LogP contribution is 2.49. The van der Waals surface area contributed by atoms with Gasteiger partial charge in [-0.3, -0.25) is 13.6 Å². The molecular weight excluding hydrogens is 435 g/mol. The predicted molar refractivity (Wildman–Crippen MR) is 120 cm³/mol. The highest BCUT2D eigenvalue weighted by atomic mass is 31.2. The molecule has 12 heteroatoms. The molecule has 4 heterocycles. The van der Waals surface area contributed by atoms with E-state index in [1.165, 1.54) is 19.3 Å². The number of phosphoric ester groups is 1. The number of oxime groups is 1. The summed E-state index contributed by atoms with van der Waals surface area (Å²) in [7, 11) is -3.51. The van der Waals surface area contributed by atoms with Crippen LogP contribution in [0.5, 0.6) is 0 Å². The fraction of sp³-hybridized carbons (Fsp3) is 0.700. The summed E-state index contributed by atoms with van der Waals surface area (Å²) in [5.74, 6) is 0.904. The van der Waals surface area contributed by atoms with Crippen molar-refractivity contribution in [2.45, 2.75) is 58.6 Å². The molecule has 0 radical (unpaired) electrons. The van der Waals surface area contributed by atoms with E-state index in [4.69, 9.17) is 18.4 Å². The average molecular weight is 466 g/mol. The van der Waals surface area contributed by atoms with Crippen LogP contribution in [-0.2, 0) is 29.5 Å². The van der Waals surface area contributed by atoms with Crippen LogP contribution in [0.25, 0.3) is 11.2 Å². The Balaban J connectivity index is 1.32. The molecule has 1 atom stereocenters. The van der Waals surface area contributed by atoms with E-state index >= 15 is 0 Å². The summed E-state index contributed by atoms with van der Waals surface area (Å²) in [5, 5.41) is 4.23. The molecule has 4 rings (SSSR count). The van der Waals surface area contributed by atoms with Crippen molar-refractivity contribution in [2.75, 3.05) is 37.8 Å². The Kier molecular flexibility index (Phi) is 7.72. The maximum Gasteiger partial charge on any atom is 0.474 e. The monoisotopic (exact) mass is 466 g/mol. The molecule has 11 nitrogen and oxygen atoms in total. The van der Waals surface area contributed by atoms with Crippen molar-refractivity contribution in [2.24, 2.45) is 5.16 Å². The quantitative estimate of drug-likeness (QED) is 0.459. The fourth-order valence-electron chi connectivity index (χ4n) is 3.98. The number of nitrogens with zero attached hydrogens (tertiary/aromatic N) is 6. The van der Waals surface area contributed by atoms with Crippen LogP contribution < -0.4 is 4.90 Å². The van der Waals surface area contributed by atoms with Gasteiger partial charge >= 0.3 is 7.82 Å². The number of imidazole rings is 1. The van der Waals surface area contributed by atoms with Gasteiger partial charge in [0, 0.05) is 25.9 Å². The van der Waals surface area contributed by atoms with Gasteiger partial charge in [0.05, 0.1) is 38.4 Å². The highest BCUT2D eigenvalue weighted by molar-refractivity contribution is 7.48. The van der Waals surface area contributed by atoms with Crippen molar-refractivity contribution in [3.8, 4) is 0 Å². The van der Waals surface area contributed by atoms with E-state index in [9.17, 15) is 4.57 Å². The standard InChI is InChI=1S/C20H31N6O5P/c1-3-28-32(27,29-4-2)30-11-8-17-12-16(24-31-17)13-26-15-23-18-19(21-14-22-20(18)26)25-9-6-5-7-10-25/h14-15,17H,3-13H2,1-2H3. The molecule has 0 aliphatic carbocycles. The smallest absolute Gasteiger partial charge is 0.392 e. The minimum atomic E-state index is -3.51. The fourth-order valence-corrected chi connectivity index (χ4v) is 5.16. The lowest BCUT2D eigenvalue weighted by Crippen LogP contribution is -2.30. The third-order valence-electron chi connectivity index (χ3n) is 5.45. The van der Waals surface area contributed by atoms with Crippen molar-refractivity contribution in [1.29, 1.82) is 0 Å².